The molecule has 5 nitrogen and oxygen atoms in total. The largest absolute Gasteiger partial charge is 0.490 e. The number of nitrogens with zero attached hydrogens (tertiary/aromatic N) is 1. The molecule has 0 atom stereocenters. The summed E-state index contributed by atoms with van der Waals surface area (Å²) in [4.78, 5) is 13.3. The van der Waals surface area contributed by atoms with Crippen LogP contribution in [0, 0.1) is 0 Å². The molecule has 198 valence electrons. The standard InChI is InChI=1S/C28H29N3.C2HF3O2/c1-2-9-26(8-1)30-20-22-5-3-6-24(17-22)23-12-10-21(11-13-23)19-31-27-14-15-28-25(18-27)7-4-16-29-28;3-2(4,5)1(6)7/h3-7,10-18,26,30-31H,1-2,8-9,19-20H2;(H,6,7). The number of alkyl halides is 3. The van der Waals surface area contributed by atoms with Crippen LogP contribution in [0.15, 0.2) is 85.1 Å². The molecule has 8 heteroatoms. The number of benzene rings is 3. The number of carboxylic acid groups (broad SMARTS) is 1. The van der Waals surface area contributed by atoms with Gasteiger partial charge in [-0.05, 0) is 65.4 Å². The first-order chi connectivity index (χ1) is 18.3. The Balaban J connectivity index is 0.000000426. The van der Waals surface area contributed by atoms with Gasteiger partial charge in [0.25, 0.3) is 0 Å². The van der Waals surface area contributed by atoms with Gasteiger partial charge in [-0.2, -0.15) is 13.2 Å². The second-order valence-electron chi connectivity index (χ2n) is 9.33. The van der Waals surface area contributed by atoms with Gasteiger partial charge in [-0.15, -0.1) is 0 Å². The highest BCUT2D eigenvalue weighted by atomic mass is 19.4. The van der Waals surface area contributed by atoms with Crippen molar-refractivity contribution in [2.24, 2.45) is 0 Å². The van der Waals surface area contributed by atoms with Crippen molar-refractivity contribution in [1.82, 2.24) is 10.3 Å². The third-order valence-electron chi connectivity index (χ3n) is 6.51. The van der Waals surface area contributed by atoms with E-state index in [-0.39, 0.29) is 0 Å². The fourth-order valence-electron chi connectivity index (χ4n) is 4.46. The summed E-state index contributed by atoms with van der Waals surface area (Å²) < 4.78 is 31.7. The van der Waals surface area contributed by atoms with Crippen LogP contribution in [-0.4, -0.2) is 28.3 Å². The molecule has 0 amide bonds. The second kappa shape index (κ2) is 12.6. The molecule has 0 saturated heterocycles. The Bertz CT molecular complexity index is 1350. The number of anilines is 1. The molecule has 38 heavy (non-hydrogen) atoms. The summed E-state index contributed by atoms with van der Waals surface area (Å²) in [5.74, 6) is -2.76. The Morgan fingerprint density at radius 1 is 0.868 bits per heavy atom. The average Bonchev–Trinajstić information content (AvgIpc) is 3.45. The number of hydrogen-bond acceptors (Lipinski definition) is 4. The third kappa shape index (κ3) is 7.79. The highest BCUT2D eigenvalue weighted by molar-refractivity contribution is 5.82. The van der Waals surface area contributed by atoms with Crippen molar-refractivity contribution in [3.05, 3.63) is 96.2 Å². The molecule has 5 rings (SSSR count). The number of carbonyl (C=O) groups is 1. The predicted molar refractivity (Wildman–Crippen MR) is 144 cm³/mol. The molecule has 1 heterocycles. The van der Waals surface area contributed by atoms with Crippen LogP contribution in [0.5, 0.6) is 0 Å². The number of aromatic nitrogens is 1. The van der Waals surface area contributed by atoms with Crippen LogP contribution in [0.4, 0.5) is 18.9 Å². The number of aliphatic carboxylic acids is 1. The number of pyridine rings is 1. The molecule has 3 aromatic carbocycles. The van der Waals surface area contributed by atoms with Crippen LogP contribution in [-0.2, 0) is 17.9 Å². The van der Waals surface area contributed by atoms with Crippen LogP contribution >= 0.6 is 0 Å². The van der Waals surface area contributed by atoms with E-state index in [9.17, 15) is 13.2 Å². The average molecular weight is 522 g/mol. The van der Waals surface area contributed by atoms with Gasteiger partial charge in [-0.3, -0.25) is 4.98 Å². The van der Waals surface area contributed by atoms with Gasteiger partial charge in [0.05, 0.1) is 5.52 Å². The highest BCUT2D eigenvalue weighted by Gasteiger charge is 2.38. The van der Waals surface area contributed by atoms with E-state index in [4.69, 9.17) is 9.90 Å². The van der Waals surface area contributed by atoms with Crippen molar-refractivity contribution in [3.8, 4) is 11.1 Å². The fraction of sp³-hybridized carbons (Fsp3) is 0.267. The molecule has 0 aliphatic heterocycles. The van der Waals surface area contributed by atoms with Crippen LogP contribution in [0.1, 0.15) is 36.8 Å². The first-order valence-electron chi connectivity index (χ1n) is 12.6. The molecule has 4 aromatic rings. The monoisotopic (exact) mass is 521 g/mol. The minimum atomic E-state index is -5.08. The third-order valence-corrected chi connectivity index (χ3v) is 6.51. The van der Waals surface area contributed by atoms with Gasteiger partial charge in [-0.25, -0.2) is 4.79 Å². The number of hydrogen-bond donors (Lipinski definition) is 3. The lowest BCUT2D eigenvalue weighted by Gasteiger charge is -2.13. The quantitative estimate of drug-likeness (QED) is 0.240. The van der Waals surface area contributed by atoms with E-state index in [1.54, 1.807) is 0 Å². The van der Waals surface area contributed by atoms with Gasteiger partial charge in [0.2, 0.25) is 0 Å². The van der Waals surface area contributed by atoms with Crippen LogP contribution in [0.3, 0.4) is 0 Å². The van der Waals surface area contributed by atoms with E-state index in [1.165, 1.54) is 47.9 Å². The maximum Gasteiger partial charge on any atom is 0.490 e. The highest BCUT2D eigenvalue weighted by Crippen LogP contribution is 2.23. The predicted octanol–water partition coefficient (Wildman–Crippen LogP) is 7.18. The first-order valence-corrected chi connectivity index (χ1v) is 12.6. The molecule has 1 fully saturated rings. The lowest BCUT2D eigenvalue weighted by Crippen LogP contribution is -2.25. The van der Waals surface area contributed by atoms with Crippen LogP contribution in [0.25, 0.3) is 22.0 Å². The molecular weight excluding hydrogens is 491 g/mol. The Hall–Kier alpha value is -3.91. The molecule has 0 spiro atoms. The summed E-state index contributed by atoms with van der Waals surface area (Å²) in [5, 5.41) is 15.5. The number of rotatable bonds is 7. The zero-order valence-corrected chi connectivity index (χ0v) is 20.8. The minimum absolute atomic E-state index is 0.703. The molecule has 1 saturated carbocycles. The summed E-state index contributed by atoms with van der Waals surface area (Å²) in [6, 6.07) is 28.9. The maximum absolute atomic E-state index is 10.6. The summed E-state index contributed by atoms with van der Waals surface area (Å²) >= 11 is 0. The van der Waals surface area contributed by atoms with E-state index in [2.05, 4.69) is 88.4 Å². The second-order valence-corrected chi connectivity index (χ2v) is 9.33. The van der Waals surface area contributed by atoms with E-state index in [0.29, 0.717) is 6.04 Å². The SMILES string of the molecule is O=C(O)C(F)(F)F.c1cc(CNC2CCCC2)cc(-c2ccc(CNc3ccc4ncccc4c3)cc2)c1. The van der Waals surface area contributed by atoms with Crippen molar-refractivity contribution >= 4 is 22.6 Å². The number of halogens is 3. The summed E-state index contributed by atoms with van der Waals surface area (Å²) in [7, 11) is 0. The molecule has 3 N–H and O–H groups in total. The summed E-state index contributed by atoms with van der Waals surface area (Å²) in [5.41, 5.74) is 7.33. The van der Waals surface area contributed by atoms with Gasteiger partial charge < -0.3 is 15.7 Å². The summed E-state index contributed by atoms with van der Waals surface area (Å²) in [6.07, 6.45) is 2.14. The number of carboxylic acids is 1. The van der Waals surface area contributed by atoms with Gasteiger partial charge in [-0.1, -0.05) is 61.4 Å². The van der Waals surface area contributed by atoms with Gasteiger partial charge in [0.1, 0.15) is 0 Å². The minimum Gasteiger partial charge on any atom is -0.475 e. The van der Waals surface area contributed by atoms with Crippen molar-refractivity contribution < 1.29 is 23.1 Å². The zero-order valence-electron chi connectivity index (χ0n) is 20.8. The molecule has 0 bridgehead atoms. The topological polar surface area (TPSA) is 74.2 Å². The molecule has 0 unspecified atom stereocenters. The molecule has 1 aliphatic rings. The van der Waals surface area contributed by atoms with E-state index in [1.807, 2.05) is 12.3 Å². The maximum atomic E-state index is 10.6. The van der Waals surface area contributed by atoms with Gasteiger partial charge in [0, 0.05) is 36.4 Å². The Morgan fingerprint density at radius 3 is 2.32 bits per heavy atom. The van der Waals surface area contributed by atoms with Crippen molar-refractivity contribution in [2.45, 2.75) is 51.0 Å². The van der Waals surface area contributed by atoms with Crippen molar-refractivity contribution in [3.63, 3.8) is 0 Å². The van der Waals surface area contributed by atoms with E-state index < -0.39 is 12.1 Å². The fourth-order valence-corrected chi connectivity index (χ4v) is 4.46. The lowest BCUT2D eigenvalue weighted by atomic mass is 10.0. The van der Waals surface area contributed by atoms with E-state index in [0.717, 1.165) is 29.7 Å². The van der Waals surface area contributed by atoms with Gasteiger partial charge in [0.15, 0.2) is 0 Å². The van der Waals surface area contributed by atoms with E-state index >= 15 is 0 Å². The Labute approximate surface area is 219 Å². The first kappa shape index (κ1) is 27.1. The van der Waals surface area contributed by atoms with Crippen LogP contribution in [0.2, 0.25) is 0 Å². The molecule has 0 radical (unpaired) electrons. The number of nitrogens with one attached hydrogen (secondary N) is 2. The van der Waals surface area contributed by atoms with Crippen molar-refractivity contribution in [2.75, 3.05) is 5.32 Å². The van der Waals surface area contributed by atoms with Crippen molar-refractivity contribution in [1.29, 1.82) is 0 Å². The molecular formula is C30H30F3N3O2. The smallest absolute Gasteiger partial charge is 0.475 e. The normalized spacial score (nSPS) is 13.7. The van der Waals surface area contributed by atoms with Crippen LogP contribution < -0.4 is 10.6 Å². The van der Waals surface area contributed by atoms with Gasteiger partial charge >= 0.3 is 12.1 Å². The molecule has 1 aromatic heterocycles. The lowest BCUT2D eigenvalue weighted by molar-refractivity contribution is -0.192. The molecule has 1 aliphatic carbocycles. The Morgan fingerprint density at radius 2 is 1.61 bits per heavy atom. The summed E-state index contributed by atoms with van der Waals surface area (Å²) in [6.45, 7) is 1.76. The zero-order chi connectivity index (χ0) is 27.0. The number of fused-ring (bicyclic) bond motifs is 1. The Kier molecular flexibility index (Phi) is 8.97.